The molecule has 30 heavy (non-hydrogen) atoms. The van der Waals surface area contributed by atoms with Gasteiger partial charge < -0.3 is 14.4 Å². The van der Waals surface area contributed by atoms with Gasteiger partial charge in [0.05, 0.1) is 6.61 Å². The molecule has 1 aliphatic rings. The van der Waals surface area contributed by atoms with Gasteiger partial charge in [-0.2, -0.15) is 0 Å². The Morgan fingerprint density at radius 3 is 2.23 bits per heavy atom. The predicted octanol–water partition coefficient (Wildman–Crippen LogP) is 4.11. The fraction of sp³-hybridized carbons (Fsp3) is 0.458. The lowest BCUT2D eigenvalue weighted by molar-refractivity contribution is -0.139. The molecule has 1 saturated heterocycles. The monoisotopic (exact) mass is 414 g/mol. The maximum Gasteiger partial charge on any atom is 0.260 e. The molecule has 2 aromatic rings. The topological polar surface area (TPSA) is 42.0 Å². The van der Waals surface area contributed by atoms with E-state index in [2.05, 4.69) is 25.7 Å². The van der Waals surface area contributed by atoms with Gasteiger partial charge in [0.25, 0.3) is 5.91 Å². The zero-order chi connectivity index (χ0) is 21.5. The number of carbonyl (C=O) groups is 1. The van der Waals surface area contributed by atoms with Crippen molar-refractivity contribution in [2.24, 2.45) is 0 Å². The number of hydrogen-bond acceptors (Lipinski definition) is 4. The van der Waals surface area contributed by atoms with E-state index in [1.165, 1.54) is 12.1 Å². The van der Waals surface area contributed by atoms with Crippen LogP contribution in [0.1, 0.15) is 32.8 Å². The minimum absolute atomic E-state index is 0.0120. The molecule has 0 bridgehead atoms. The molecule has 1 amide bonds. The summed E-state index contributed by atoms with van der Waals surface area (Å²) in [5.74, 6) is 1.22. The molecule has 1 fully saturated rings. The standard InChI is InChI=1S/C24H31FN2O3/c1-4-13-29-22-9-11-23(12-10-22)30-17-24(28)27-15-18(2)26(14-19(27)3)16-20-5-7-21(25)8-6-20/h5-12,18-19H,4,13-17H2,1-3H3. The van der Waals surface area contributed by atoms with Gasteiger partial charge in [-0.15, -0.1) is 0 Å². The molecule has 0 aromatic heterocycles. The summed E-state index contributed by atoms with van der Waals surface area (Å²) in [5.41, 5.74) is 1.07. The maximum absolute atomic E-state index is 13.1. The van der Waals surface area contributed by atoms with Gasteiger partial charge in [0.15, 0.2) is 6.61 Å². The Hall–Kier alpha value is -2.60. The van der Waals surface area contributed by atoms with Crippen LogP contribution in [0.15, 0.2) is 48.5 Å². The Kier molecular flexibility index (Phi) is 7.69. The van der Waals surface area contributed by atoms with Gasteiger partial charge in [-0.3, -0.25) is 9.69 Å². The van der Waals surface area contributed by atoms with Crippen molar-refractivity contribution in [1.82, 2.24) is 9.80 Å². The smallest absolute Gasteiger partial charge is 0.260 e. The van der Waals surface area contributed by atoms with Gasteiger partial charge in [0.2, 0.25) is 0 Å². The van der Waals surface area contributed by atoms with E-state index in [1.807, 2.05) is 41.3 Å². The van der Waals surface area contributed by atoms with Crippen molar-refractivity contribution in [2.45, 2.75) is 45.8 Å². The minimum atomic E-state index is -0.223. The summed E-state index contributed by atoms with van der Waals surface area (Å²) in [6, 6.07) is 14.3. The first-order valence-electron chi connectivity index (χ1n) is 10.6. The number of halogens is 1. The third-order valence-corrected chi connectivity index (χ3v) is 5.39. The van der Waals surface area contributed by atoms with Crippen molar-refractivity contribution in [3.63, 3.8) is 0 Å². The molecule has 1 aliphatic heterocycles. The average Bonchev–Trinajstić information content (AvgIpc) is 2.75. The van der Waals surface area contributed by atoms with Crippen LogP contribution in [-0.4, -0.2) is 54.1 Å². The van der Waals surface area contributed by atoms with E-state index in [4.69, 9.17) is 9.47 Å². The second kappa shape index (κ2) is 10.4. The normalized spacial score (nSPS) is 19.5. The van der Waals surface area contributed by atoms with Crippen LogP contribution < -0.4 is 9.47 Å². The van der Waals surface area contributed by atoms with E-state index in [9.17, 15) is 9.18 Å². The quantitative estimate of drug-likeness (QED) is 0.652. The Balaban J connectivity index is 1.50. The predicted molar refractivity (Wildman–Crippen MR) is 115 cm³/mol. The number of amides is 1. The highest BCUT2D eigenvalue weighted by Gasteiger charge is 2.32. The van der Waals surface area contributed by atoms with Crippen molar-refractivity contribution in [3.05, 3.63) is 59.9 Å². The summed E-state index contributed by atoms with van der Waals surface area (Å²) < 4.78 is 24.4. The summed E-state index contributed by atoms with van der Waals surface area (Å²) in [5, 5.41) is 0. The Morgan fingerprint density at radius 1 is 0.967 bits per heavy atom. The van der Waals surface area contributed by atoms with Crippen LogP contribution in [0.5, 0.6) is 11.5 Å². The number of carbonyl (C=O) groups excluding carboxylic acids is 1. The lowest BCUT2D eigenvalue weighted by Gasteiger charge is -2.44. The van der Waals surface area contributed by atoms with Crippen molar-refractivity contribution < 1.29 is 18.7 Å². The molecule has 0 aliphatic carbocycles. The van der Waals surface area contributed by atoms with Crippen LogP contribution in [-0.2, 0) is 11.3 Å². The molecule has 1 heterocycles. The van der Waals surface area contributed by atoms with E-state index in [1.54, 1.807) is 0 Å². The number of nitrogens with zero attached hydrogens (tertiary/aromatic N) is 2. The number of piperazine rings is 1. The van der Waals surface area contributed by atoms with Crippen LogP contribution in [0.2, 0.25) is 0 Å². The fourth-order valence-electron chi connectivity index (χ4n) is 3.67. The van der Waals surface area contributed by atoms with E-state index >= 15 is 0 Å². The van der Waals surface area contributed by atoms with Gasteiger partial charge in [0, 0.05) is 31.7 Å². The van der Waals surface area contributed by atoms with Crippen LogP contribution in [0.25, 0.3) is 0 Å². The average molecular weight is 415 g/mol. The van der Waals surface area contributed by atoms with Crippen molar-refractivity contribution in [2.75, 3.05) is 26.3 Å². The SMILES string of the molecule is CCCOc1ccc(OCC(=O)N2CC(C)N(Cc3ccc(F)cc3)CC2C)cc1. The van der Waals surface area contributed by atoms with Gasteiger partial charge in [-0.05, 0) is 62.2 Å². The lowest BCUT2D eigenvalue weighted by atomic mass is 10.1. The number of hydrogen-bond donors (Lipinski definition) is 0. The first-order valence-corrected chi connectivity index (χ1v) is 10.6. The highest BCUT2D eigenvalue weighted by atomic mass is 19.1. The van der Waals surface area contributed by atoms with Crippen LogP contribution in [0.4, 0.5) is 4.39 Å². The summed E-state index contributed by atoms with van der Waals surface area (Å²) in [4.78, 5) is 17.0. The molecule has 2 atom stereocenters. The molecule has 0 spiro atoms. The summed E-state index contributed by atoms with van der Waals surface area (Å²) in [6.07, 6.45) is 0.959. The van der Waals surface area contributed by atoms with Crippen molar-refractivity contribution in [3.8, 4) is 11.5 Å². The first-order chi connectivity index (χ1) is 14.5. The minimum Gasteiger partial charge on any atom is -0.494 e. The zero-order valence-electron chi connectivity index (χ0n) is 18.0. The number of benzene rings is 2. The lowest BCUT2D eigenvalue weighted by Crippen LogP contribution is -2.58. The van der Waals surface area contributed by atoms with Crippen molar-refractivity contribution >= 4 is 5.91 Å². The third kappa shape index (κ3) is 5.95. The number of ether oxygens (including phenoxy) is 2. The summed E-state index contributed by atoms with van der Waals surface area (Å²) >= 11 is 0. The summed E-state index contributed by atoms with van der Waals surface area (Å²) in [6.45, 7) is 9.10. The molecule has 3 rings (SSSR count). The highest BCUT2D eigenvalue weighted by Crippen LogP contribution is 2.20. The maximum atomic E-state index is 13.1. The molecule has 2 unspecified atom stereocenters. The number of rotatable bonds is 8. The fourth-order valence-corrected chi connectivity index (χ4v) is 3.67. The molecular formula is C24H31FN2O3. The Morgan fingerprint density at radius 2 is 1.60 bits per heavy atom. The zero-order valence-corrected chi connectivity index (χ0v) is 18.0. The Bertz CT molecular complexity index is 810. The van der Waals surface area contributed by atoms with E-state index in [0.29, 0.717) is 18.9 Å². The van der Waals surface area contributed by atoms with Crippen LogP contribution in [0.3, 0.4) is 0 Å². The second-order valence-corrected chi connectivity index (χ2v) is 7.91. The molecular weight excluding hydrogens is 383 g/mol. The molecule has 162 valence electrons. The molecule has 2 aromatic carbocycles. The van der Waals surface area contributed by atoms with Crippen LogP contribution in [0, 0.1) is 5.82 Å². The Labute approximate surface area is 178 Å². The van der Waals surface area contributed by atoms with E-state index in [-0.39, 0.29) is 30.4 Å². The molecule has 0 saturated carbocycles. The van der Waals surface area contributed by atoms with Crippen LogP contribution >= 0.6 is 0 Å². The summed E-state index contributed by atoms with van der Waals surface area (Å²) in [7, 11) is 0. The largest absolute Gasteiger partial charge is 0.494 e. The van der Waals surface area contributed by atoms with Gasteiger partial charge in [-0.25, -0.2) is 4.39 Å². The van der Waals surface area contributed by atoms with Gasteiger partial charge in [-0.1, -0.05) is 19.1 Å². The first kappa shape index (κ1) is 22.1. The molecule has 0 N–H and O–H groups in total. The molecule has 0 radical (unpaired) electrons. The van der Waals surface area contributed by atoms with E-state index in [0.717, 1.165) is 30.8 Å². The highest BCUT2D eigenvalue weighted by molar-refractivity contribution is 5.78. The van der Waals surface area contributed by atoms with Crippen molar-refractivity contribution in [1.29, 1.82) is 0 Å². The van der Waals surface area contributed by atoms with E-state index < -0.39 is 0 Å². The third-order valence-electron chi connectivity index (χ3n) is 5.39. The molecule has 6 heteroatoms. The molecule has 5 nitrogen and oxygen atoms in total. The van der Waals surface area contributed by atoms with Gasteiger partial charge in [0.1, 0.15) is 17.3 Å². The van der Waals surface area contributed by atoms with Gasteiger partial charge >= 0.3 is 0 Å². The second-order valence-electron chi connectivity index (χ2n) is 7.91.